The van der Waals surface area contributed by atoms with Crippen molar-refractivity contribution in [1.29, 1.82) is 0 Å². The van der Waals surface area contributed by atoms with Crippen LogP contribution in [0.3, 0.4) is 0 Å². The van der Waals surface area contributed by atoms with Crippen LogP contribution in [0.15, 0.2) is 24.3 Å². The van der Waals surface area contributed by atoms with Crippen molar-refractivity contribution in [2.45, 2.75) is 56.3 Å². The predicted octanol–water partition coefficient (Wildman–Crippen LogP) is 0.909. The first-order valence-corrected chi connectivity index (χ1v) is 11.3. The van der Waals surface area contributed by atoms with Gasteiger partial charge in [0.05, 0.1) is 18.3 Å². The van der Waals surface area contributed by atoms with Crippen LogP contribution >= 0.6 is 0 Å². The van der Waals surface area contributed by atoms with Crippen LogP contribution in [-0.4, -0.2) is 60.4 Å². The molecule has 3 rings (SSSR count). The van der Waals surface area contributed by atoms with Crippen LogP contribution < -0.4 is 15.4 Å². The number of benzene rings is 1. The topological polar surface area (TPSA) is 122 Å². The molecule has 0 saturated carbocycles. The molecule has 1 aromatic rings. The highest BCUT2D eigenvalue weighted by atomic mass is 32.2. The van der Waals surface area contributed by atoms with E-state index in [1.165, 1.54) is 21.0 Å². The molecule has 2 saturated heterocycles. The Bertz CT molecular complexity index is 971. The number of β-lactam (4-membered cyclic amide) rings is 1. The van der Waals surface area contributed by atoms with Crippen molar-refractivity contribution in [3.05, 3.63) is 24.3 Å². The van der Waals surface area contributed by atoms with Crippen molar-refractivity contribution in [1.82, 2.24) is 10.2 Å². The SMILES string of the molecule is COc1ccc(NC(=O)C(NC(=O)C2N3C(=O)CC3S(=O)(=O)C2(C)C)C(C)C)cc1. The number of ether oxygens (including phenoxy) is 1. The Morgan fingerprint density at radius 2 is 1.80 bits per heavy atom. The van der Waals surface area contributed by atoms with E-state index in [-0.39, 0.29) is 18.2 Å². The smallest absolute Gasteiger partial charge is 0.247 e. The van der Waals surface area contributed by atoms with Gasteiger partial charge in [-0.1, -0.05) is 13.8 Å². The minimum atomic E-state index is -3.69. The van der Waals surface area contributed by atoms with Crippen molar-refractivity contribution >= 4 is 33.2 Å². The molecule has 0 spiro atoms. The average molecular weight is 438 g/mol. The van der Waals surface area contributed by atoms with Gasteiger partial charge in [0.25, 0.3) is 0 Å². The van der Waals surface area contributed by atoms with E-state index in [0.29, 0.717) is 11.4 Å². The highest BCUT2D eigenvalue weighted by Gasteiger charge is 2.67. The zero-order valence-corrected chi connectivity index (χ0v) is 18.4. The van der Waals surface area contributed by atoms with E-state index in [0.717, 1.165) is 4.90 Å². The molecular formula is C20H27N3O6S. The van der Waals surface area contributed by atoms with Crippen LogP contribution in [-0.2, 0) is 24.2 Å². The van der Waals surface area contributed by atoms with Crippen molar-refractivity contribution in [2.75, 3.05) is 12.4 Å². The molecule has 30 heavy (non-hydrogen) atoms. The van der Waals surface area contributed by atoms with Gasteiger partial charge < -0.3 is 20.3 Å². The molecule has 0 radical (unpaired) electrons. The normalized spacial score (nSPS) is 24.6. The maximum absolute atomic E-state index is 13.1. The fraction of sp³-hybridized carbons (Fsp3) is 0.550. The number of hydrogen-bond donors (Lipinski definition) is 2. The van der Waals surface area contributed by atoms with Gasteiger partial charge in [-0.25, -0.2) is 8.42 Å². The van der Waals surface area contributed by atoms with Gasteiger partial charge in [0.1, 0.15) is 23.2 Å². The Labute approximate surface area is 176 Å². The summed E-state index contributed by atoms with van der Waals surface area (Å²) in [6.45, 7) is 6.43. The van der Waals surface area contributed by atoms with Crippen molar-refractivity contribution in [3.63, 3.8) is 0 Å². The van der Waals surface area contributed by atoms with Crippen LogP contribution in [0.2, 0.25) is 0 Å². The molecule has 3 unspecified atom stereocenters. The molecule has 0 aliphatic carbocycles. The van der Waals surface area contributed by atoms with Gasteiger partial charge in [-0.15, -0.1) is 0 Å². The summed E-state index contributed by atoms with van der Waals surface area (Å²) in [5.41, 5.74) is 0.530. The van der Waals surface area contributed by atoms with E-state index >= 15 is 0 Å². The summed E-state index contributed by atoms with van der Waals surface area (Å²) >= 11 is 0. The number of carbonyl (C=O) groups excluding carboxylic acids is 3. The second kappa shape index (κ2) is 7.57. The molecule has 1 aromatic carbocycles. The Balaban J connectivity index is 1.78. The standard InChI is InChI=1S/C20H27N3O6S/c1-11(2)16(18(25)21-12-6-8-13(29-5)9-7-12)22-19(26)17-20(3,4)30(27,28)15-10-14(24)23(15)17/h6-9,11,15-17H,10H2,1-5H3,(H,21,25)(H,22,26). The first-order chi connectivity index (χ1) is 13.9. The van der Waals surface area contributed by atoms with Crippen molar-refractivity contribution < 1.29 is 27.5 Å². The molecule has 2 aliphatic heterocycles. The molecule has 2 N–H and O–H groups in total. The Hall–Kier alpha value is -2.62. The van der Waals surface area contributed by atoms with Gasteiger partial charge in [-0.2, -0.15) is 0 Å². The lowest BCUT2D eigenvalue weighted by atomic mass is 9.95. The number of carbonyl (C=O) groups is 3. The largest absolute Gasteiger partial charge is 0.497 e. The second-order valence-corrected chi connectivity index (χ2v) is 11.1. The predicted molar refractivity (Wildman–Crippen MR) is 110 cm³/mol. The fourth-order valence-electron chi connectivity index (χ4n) is 3.92. The summed E-state index contributed by atoms with van der Waals surface area (Å²) in [6, 6.07) is 4.65. The van der Waals surface area contributed by atoms with Crippen LogP contribution in [0, 0.1) is 5.92 Å². The van der Waals surface area contributed by atoms with Gasteiger partial charge in [-0.05, 0) is 44.0 Å². The maximum Gasteiger partial charge on any atom is 0.247 e. The van der Waals surface area contributed by atoms with E-state index in [9.17, 15) is 22.8 Å². The highest BCUT2D eigenvalue weighted by molar-refractivity contribution is 7.93. The first kappa shape index (κ1) is 22.1. The molecule has 3 amide bonds. The molecule has 2 aliphatic rings. The van der Waals surface area contributed by atoms with Gasteiger partial charge in [0.2, 0.25) is 17.7 Å². The Kier molecular flexibility index (Phi) is 5.57. The van der Waals surface area contributed by atoms with Gasteiger partial charge in [0, 0.05) is 5.69 Å². The molecule has 2 heterocycles. The second-order valence-electron chi connectivity index (χ2n) is 8.46. The lowest BCUT2D eigenvalue weighted by Crippen LogP contribution is -2.61. The van der Waals surface area contributed by atoms with E-state index < -0.39 is 43.9 Å². The number of rotatable bonds is 6. The lowest BCUT2D eigenvalue weighted by molar-refractivity contribution is -0.150. The number of anilines is 1. The van der Waals surface area contributed by atoms with Gasteiger partial charge >= 0.3 is 0 Å². The summed E-state index contributed by atoms with van der Waals surface area (Å²) in [5, 5.41) is 4.44. The van der Waals surface area contributed by atoms with Crippen molar-refractivity contribution in [2.24, 2.45) is 5.92 Å². The van der Waals surface area contributed by atoms with E-state index in [2.05, 4.69) is 10.6 Å². The summed E-state index contributed by atoms with van der Waals surface area (Å²) < 4.78 is 29.1. The summed E-state index contributed by atoms with van der Waals surface area (Å²) in [6.07, 6.45) is -0.110. The number of methoxy groups -OCH3 is 1. The number of sulfone groups is 1. The monoisotopic (exact) mass is 437 g/mol. The third kappa shape index (κ3) is 3.42. The average Bonchev–Trinajstić information content (AvgIpc) is 2.79. The summed E-state index contributed by atoms with van der Waals surface area (Å²) in [5.74, 6) is -1.09. The molecule has 9 nitrogen and oxygen atoms in total. The third-order valence-electron chi connectivity index (χ3n) is 5.83. The minimum absolute atomic E-state index is 0.110. The third-order valence-corrected chi connectivity index (χ3v) is 8.63. The molecule has 0 bridgehead atoms. The summed E-state index contributed by atoms with van der Waals surface area (Å²) in [7, 11) is -2.15. The molecule has 0 aromatic heterocycles. The van der Waals surface area contributed by atoms with Crippen LogP contribution in [0.1, 0.15) is 34.1 Å². The van der Waals surface area contributed by atoms with Crippen LogP contribution in [0.4, 0.5) is 5.69 Å². The number of hydrogen-bond acceptors (Lipinski definition) is 6. The summed E-state index contributed by atoms with van der Waals surface area (Å²) in [4.78, 5) is 39.1. The van der Waals surface area contributed by atoms with Gasteiger partial charge in [-0.3, -0.25) is 14.4 Å². The number of nitrogens with one attached hydrogen (secondary N) is 2. The number of amides is 3. The quantitative estimate of drug-likeness (QED) is 0.638. The molecular weight excluding hydrogens is 410 g/mol. The maximum atomic E-state index is 13.1. The van der Waals surface area contributed by atoms with Crippen molar-refractivity contribution in [3.8, 4) is 5.75 Å². The van der Waals surface area contributed by atoms with E-state index in [1.54, 1.807) is 38.1 Å². The zero-order valence-electron chi connectivity index (χ0n) is 17.6. The number of nitrogens with zero attached hydrogens (tertiary/aromatic N) is 1. The molecule has 3 atom stereocenters. The molecule has 10 heteroatoms. The van der Waals surface area contributed by atoms with Crippen LogP contribution in [0.25, 0.3) is 0 Å². The molecule has 2 fully saturated rings. The zero-order chi connectivity index (χ0) is 22.4. The highest BCUT2D eigenvalue weighted by Crippen LogP contribution is 2.45. The Morgan fingerprint density at radius 3 is 2.30 bits per heavy atom. The number of fused-ring (bicyclic) bond motifs is 1. The van der Waals surface area contributed by atoms with E-state index in [4.69, 9.17) is 4.74 Å². The first-order valence-electron chi connectivity index (χ1n) is 9.71. The Morgan fingerprint density at radius 1 is 1.20 bits per heavy atom. The molecule has 164 valence electrons. The fourth-order valence-corrected chi connectivity index (χ4v) is 6.05. The van der Waals surface area contributed by atoms with Crippen LogP contribution in [0.5, 0.6) is 5.75 Å². The lowest BCUT2D eigenvalue weighted by Gasteiger charge is -2.37. The van der Waals surface area contributed by atoms with E-state index in [1.807, 2.05) is 0 Å². The minimum Gasteiger partial charge on any atom is -0.497 e. The van der Waals surface area contributed by atoms with Gasteiger partial charge in [0.15, 0.2) is 9.84 Å².